The van der Waals surface area contributed by atoms with E-state index in [2.05, 4.69) is 12.2 Å². The topological polar surface area (TPSA) is 21.3 Å². The van der Waals surface area contributed by atoms with E-state index < -0.39 is 0 Å². The van der Waals surface area contributed by atoms with Gasteiger partial charge in [-0.1, -0.05) is 36.5 Å². The van der Waals surface area contributed by atoms with Gasteiger partial charge in [0.15, 0.2) is 0 Å². The molecular formula is C9H17Cl2NO. The van der Waals surface area contributed by atoms with E-state index in [9.17, 15) is 0 Å². The average Bonchev–Trinajstić information content (AvgIpc) is 2.14. The standard InChI is InChI=1S/C9H17Cl2NO/c1-3-4-9(7-13-2)12-6-8(11)5-10/h5,9,12H,3-4,6-7H2,1-2H3. The molecule has 0 aromatic carbocycles. The Morgan fingerprint density at radius 3 is 2.77 bits per heavy atom. The van der Waals surface area contributed by atoms with Crippen LogP contribution in [-0.4, -0.2) is 26.3 Å². The second-order valence-corrected chi connectivity index (χ2v) is 3.58. The summed E-state index contributed by atoms with van der Waals surface area (Å²) in [7, 11) is 1.70. The van der Waals surface area contributed by atoms with Gasteiger partial charge in [-0.15, -0.1) is 0 Å². The van der Waals surface area contributed by atoms with Gasteiger partial charge in [0.2, 0.25) is 0 Å². The molecule has 78 valence electrons. The van der Waals surface area contributed by atoms with Crippen molar-refractivity contribution in [1.82, 2.24) is 5.32 Å². The van der Waals surface area contributed by atoms with Crippen LogP contribution in [0.3, 0.4) is 0 Å². The van der Waals surface area contributed by atoms with Crippen molar-refractivity contribution in [2.45, 2.75) is 25.8 Å². The van der Waals surface area contributed by atoms with Gasteiger partial charge in [-0.05, 0) is 6.42 Å². The summed E-state index contributed by atoms with van der Waals surface area (Å²) >= 11 is 11.2. The van der Waals surface area contributed by atoms with Gasteiger partial charge in [0.25, 0.3) is 0 Å². The number of ether oxygens (including phenoxy) is 1. The van der Waals surface area contributed by atoms with Gasteiger partial charge < -0.3 is 10.1 Å². The van der Waals surface area contributed by atoms with Crippen LogP contribution in [0.15, 0.2) is 10.6 Å². The molecule has 0 aliphatic carbocycles. The minimum absolute atomic E-state index is 0.361. The second kappa shape index (κ2) is 8.82. The third kappa shape index (κ3) is 7.32. The van der Waals surface area contributed by atoms with Crippen molar-refractivity contribution in [3.63, 3.8) is 0 Å². The van der Waals surface area contributed by atoms with Gasteiger partial charge >= 0.3 is 0 Å². The summed E-state index contributed by atoms with van der Waals surface area (Å²) in [6, 6.07) is 0.361. The molecule has 0 heterocycles. The number of hydrogen-bond donors (Lipinski definition) is 1. The largest absolute Gasteiger partial charge is 0.383 e. The van der Waals surface area contributed by atoms with Crippen molar-refractivity contribution >= 4 is 23.2 Å². The van der Waals surface area contributed by atoms with Crippen molar-refractivity contribution in [1.29, 1.82) is 0 Å². The van der Waals surface area contributed by atoms with Crippen LogP contribution in [0.4, 0.5) is 0 Å². The smallest absolute Gasteiger partial charge is 0.0615 e. The first-order valence-corrected chi connectivity index (χ1v) is 5.23. The maximum atomic E-state index is 5.74. The lowest BCUT2D eigenvalue weighted by atomic mass is 10.2. The monoisotopic (exact) mass is 225 g/mol. The molecule has 0 aromatic heterocycles. The van der Waals surface area contributed by atoms with Crippen LogP contribution in [0, 0.1) is 0 Å². The lowest BCUT2D eigenvalue weighted by Crippen LogP contribution is -2.33. The molecule has 0 saturated carbocycles. The maximum absolute atomic E-state index is 5.74. The number of nitrogens with one attached hydrogen (secondary N) is 1. The highest BCUT2D eigenvalue weighted by molar-refractivity contribution is 6.36. The maximum Gasteiger partial charge on any atom is 0.0615 e. The number of rotatable bonds is 7. The summed E-state index contributed by atoms with van der Waals surface area (Å²) in [5.41, 5.74) is 1.38. The van der Waals surface area contributed by atoms with Gasteiger partial charge in [-0.2, -0.15) is 0 Å². The lowest BCUT2D eigenvalue weighted by Gasteiger charge is -2.16. The number of methoxy groups -OCH3 is 1. The Balaban J connectivity index is 3.67. The molecule has 0 aliphatic heterocycles. The van der Waals surface area contributed by atoms with E-state index in [0.29, 0.717) is 24.2 Å². The fourth-order valence-electron chi connectivity index (χ4n) is 1.07. The molecule has 0 fully saturated rings. The Kier molecular flexibility index (Phi) is 8.98. The zero-order valence-electron chi connectivity index (χ0n) is 8.15. The second-order valence-electron chi connectivity index (χ2n) is 2.88. The highest BCUT2D eigenvalue weighted by Crippen LogP contribution is 2.03. The lowest BCUT2D eigenvalue weighted by molar-refractivity contribution is 0.163. The Morgan fingerprint density at radius 2 is 2.31 bits per heavy atom. The fourth-order valence-corrected chi connectivity index (χ4v) is 1.23. The van der Waals surface area contributed by atoms with Gasteiger partial charge in [0.05, 0.1) is 6.61 Å². The van der Waals surface area contributed by atoms with Crippen LogP contribution in [0.1, 0.15) is 19.8 Å². The molecule has 4 heteroatoms. The SMILES string of the molecule is CCCC(COC)NCC(Cl)=CCl. The average molecular weight is 226 g/mol. The highest BCUT2D eigenvalue weighted by atomic mass is 35.5. The number of halogens is 2. The zero-order valence-corrected chi connectivity index (χ0v) is 9.66. The first-order valence-electron chi connectivity index (χ1n) is 4.41. The summed E-state index contributed by atoms with van der Waals surface area (Å²) in [6.07, 6.45) is 2.21. The molecule has 0 amide bonds. The number of hydrogen-bond acceptors (Lipinski definition) is 2. The van der Waals surface area contributed by atoms with E-state index in [1.54, 1.807) is 7.11 Å². The van der Waals surface area contributed by atoms with E-state index in [1.165, 1.54) is 5.54 Å². The molecule has 1 unspecified atom stereocenters. The molecule has 1 N–H and O–H groups in total. The normalized spacial score (nSPS) is 14.6. The molecule has 0 spiro atoms. The van der Waals surface area contributed by atoms with Crippen molar-refractivity contribution in [3.8, 4) is 0 Å². The molecule has 0 aromatic rings. The van der Waals surface area contributed by atoms with Crippen molar-refractivity contribution < 1.29 is 4.74 Å². The predicted octanol–water partition coefficient (Wildman–Crippen LogP) is 2.71. The van der Waals surface area contributed by atoms with E-state index in [1.807, 2.05) is 0 Å². The molecular weight excluding hydrogens is 209 g/mol. The van der Waals surface area contributed by atoms with Gasteiger partial charge in [0.1, 0.15) is 0 Å². The molecule has 0 saturated heterocycles. The molecule has 0 radical (unpaired) electrons. The van der Waals surface area contributed by atoms with E-state index in [0.717, 1.165) is 12.8 Å². The Hall–Kier alpha value is 0.240. The van der Waals surface area contributed by atoms with Crippen LogP contribution < -0.4 is 5.32 Å². The van der Waals surface area contributed by atoms with Crippen molar-refractivity contribution in [2.24, 2.45) is 0 Å². The minimum atomic E-state index is 0.361. The first kappa shape index (κ1) is 13.2. The van der Waals surface area contributed by atoms with Crippen LogP contribution in [0.5, 0.6) is 0 Å². The summed E-state index contributed by atoms with van der Waals surface area (Å²) < 4.78 is 5.06. The summed E-state index contributed by atoms with van der Waals surface area (Å²) in [6.45, 7) is 3.46. The first-order chi connectivity index (χ1) is 6.24. The van der Waals surface area contributed by atoms with Crippen molar-refractivity contribution in [2.75, 3.05) is 20.3 Å². The van der Waals surface area contributed by atoms with E-state index >= 15 is 0 Å². The van der Waals surface area contributed by atoms with Crippen LogP contribution in [0.25, 0.3) is 0 Å². The van der Waals surface area contributed by atoms with Gasteiger partial charge in [-0.25, -0.2) is 0 Å². The molecule has 1 atom stereocenters. The van der Waals surface area contributed by atoms with Gasteiger partial charge in [-0.3, -0.25) is 0 Å². The van der Waals surface area contributed by atoms with E-state index in [4.69, 9.17) is 27.9 Å². The highest BCUT2D eigenvalue weighted by Gasteiger charge is 2.06. The molecule has 2 nitrogen and oxygen atoms in total. The van der Waals surface area contributed by atoms with Gasteiger partial charge in [0, 0.05) is 30.3 Å². The summed E-state index contributed by atoms with van der Waals surface area (Å²) in [4.78, 5) is 0. The molecule has 0 aliphatic rings. The summed E-state index contributed by atoms with van der Waals surface area (Å²) in [5.74, 6) is 0. The molecule has 0 rings (SSSR count). The third-order valence-electron chi connectivity index (χ3n) is 1.68. The van der Waals surface area contributed by atoms with Crippen LogP contribution in [0.2, 0.25) is 0 Å². The zero-order chi connectivity index (χ0) is 10.1. The van der Waals surface area contributed by atoms with Crippen molar-refractivity contribution in [3.05, 3.63) is 10.6 Å². The third-order valence-corrected chi connectivity index (χ3v) is 2.30. The predicted molar refractivity (Wildman–Crippen MR) is 58.4 cm³/mol. The summed E-state index contributed by atoms with van der Waals surface area (Å²) in [5, 5.41) is 3.89. The Labute approximate surface area is 90.2 Å². The minimum Gasteiger partial charge on any atom is -0.383 e. The Bertz CT molecular complexity index is 145. The Morgan fingerprint density at radius 1 is 1.62 bits per heavy atom. The molecule has 13 heavy (non-hydrogen) atoms. The van der Waals surface area contributed by atoms with Crippen LogP contribution in [-0.2, 0) is 4.74 Å². The fraction of sp³-hybridized carbons (Fsp3) is 0.778. The van der Waals surface area contributed by atoms with E-state index in [-0.39, 0.29) is 0 Å². The molecule has 0 bridgehead atoms. The van der Waals surface area contributed by atoms with Crippen LogP contribution >= 0.6 is 23.2 Å². The quantitative estimate of drug-likeness (QED) is 0.720.